The summed E-state index contributed by atoms with van der Waals surface area (Å²) in [6.07, 6.45) is 0. The smallest absolute Gasteiger partial charge is 0.258 e. The SMILES string of the molecule is Cc1cc(C)c([C@@H](C)NS(=O)(=O)c2ccc(C)c([N+](=O)[O-])c2)cc1C. The summed E-state index contributed by atoms with van der Waals surface area (Å²) in [6.45, 7) is 9.25. The van der Waals surface area contributed by atoms with Crippen molar-refractivity contribution >= 4 is 15.7 Å². The summed E-state index contributed by atoms with van der Waals surface area (Å²) in [5.74, 6) is 0. The number of nitro benzene ring substituents is 1. The Kier molecular flexibility index (Phi) is 5.29. The van der Waals surface area contributed by atoms with Gasteiger partial charge in [0, 0.05) is 17.7 Å². The van der Waals surface area contributed by atoms with Crippen molar-refractivity contribution in [3.63, 3.8) is 0 Å². The number of sulfonamides is 1. The summed E-state index contributed by atoms with van der Waals surface area (Å²) < 4.78 is 27.9. The van der Waals surface area contributed by atoms with Crippen molar-refractivity contribution in [3.8, 4) is 0 Å². The lowest BCUT2D eigenvalue weighted by atomic mass is 9.97. The van der Waals surface area contributed by atoms with Crippen molar-refractivity contribution in [1.29, 1.82) is 0 Å². The van der Waals surface area contributed by atoms with Crippen LogP contribution in [0.25, 0.3) is 0 Å². The largest absolute Gasteiger partial charge is 0.273 e. The summed E-state index contributed by atoms with van der Waals surface area (Å²) in [5, 5.41) is 11.0. The van der Waals surface area contributed by atoms with Gasteiger partial charge in [0.1, 0.15) is 0 Å². The Hall–Kier alpha value is -2.25. The second kappa shape index (κ2) is 6.93. The van der Waals surface area contributed by atoms with Crippen LogP contribution in [0.5, 0.6) is 0 Å². The van der Waals surface area contributed by atoms with E-state index in [4.69, 9.17) is 0 Å². The molecule has 0 radical (unpaired) electrons. The normalized spacial score (nSPS) is 12.8. The maximum Gasteiger partial charge on any atom is 0.273 e. The third-order valence-corrected chi connectivity index (χ3v) is 5.91. The fraction of sp³-hybridized carbons (Fsp3) is 0.333. The first kappa shape index (κ1) is 19.1. The molecule has 0 fully saturated rings. The molecule has 1 N–H and O–H groups in total. The first-order valence-corrected chi connectivity index (χ1v) is 9.36. The third-order valence-electron chi connectivity index (χ3n) is 4.37. The van der Waals surface area contributed by atoms with Crippen molar-refractivity contribution < 1.29 is 13.3 Å². The molecular weight excluding hydrogens is 340 g/mol. The van der Waals surface area contributed by atoms with Gasteiger partial charge in [-0.25, -0.2) is 13.1 Å². The van der Waals surface area contributed by atoms with Crippen molar-refractivity contribution in [3.05, 3.63) is 68.3 Å². The van der Waals surface area contributed by atoms with Crippen LogP contribution in [-0.4, -0.2) is 13.3 Å². The molecular formula is C18H22N2O4S. The molecule has 0 bridgehead atoms. The van der Waals surface area contributed by atoms with E-state index in [0.29, 0.717) is 5.56 Å². The fourth-order valence-corrected chi connectivity index (χ4v) is 4.01. The van der Waals surface area contributed by atoms with Gasteiger partial charge in [0.15, 0.2) is 0 Å². The van der Waals surface area contributed by atoms with E-state index in [1.165, 1.54) is 12.1 Å². The van der Waals surface area contributed by atoms with E-state index in [1.54, 1.807) is 13.8 Å². The first-order valence-electron chi connectivity index (χ1n) is 7.88. The van der Waals surface area contributed by atoms with E-state index in [2.05, 4.69) is 4.72 Å². The second-order valence-electron chi connectivity index (χ2n) is 6.34. The van der Waals surface area contributed by atoms with Gasteiger partial charge in [-0.1, -0.05) is 18.2 Å². The average molecular weight is 362 g/mol. The van der Waals surface area contributed by atoms with Gasteiger partial charge in [-0.15, -0.1) is 0 Å². The minimum absolute atomic E-state index is 0.113. The van der Waals surface area contributed by atoms with Gasteiger partial charge in [-0.2, -0.15) is 0 Å². The Balaban J connectivity index is 2.37. The van der Waals surface area contributed by atoms with Crippen molar-refractivity contribution in [1.82, 2.24) is 4.72 Å². The minimum Gasteiger partial charge on any atom is -0.258 e. The molecule has 2 rings (SSSR count). The lowest BCUT2D eigenvalue weighted by molar-refractivity contribution is -0.385. The zero-order chi connectivity index (χ0) is 18.9. The quantitative estimate of drug-likeness (QED) is 0.646. The molecule has 1 atom stereocenters. The van der Waals surface area contributed by atoms with Crippen LogP contribution in [0, 0.1) is 37.8 Å². The molecule has 0 saturated heterocycles. The summed E-state index contributed by atoms with van der Waals surface area (Å²) in [6, 6.07) is 7.45. The molecule has 0 aliphatic heterocycles. The number of benzene rings is 2. The zero-order valence-corrected chi connectivity index (χ0v) is 15.8. The Morgan fingerprint density at radius 1 is 0.960 bits per heavy atom. The maximum atomic E-state index is 12.6. The monoisotopic (exact) mass is 362 g/mol. The minimum atomic E-state index is -3.87. The van der Waals surface area contributed by atoms with E-state index >= 15 is 0 Å². The highest BCUT2D eigenvalue weighted by atomic mass is 32.2. The van der Waals surface area contributed by atoms with Crippen LogP contribution >= 0.6 is 0 Å². The number of hydrogen-bond donors (Lipinski definition) is 1. The van der Waals surface area contributed by atoms with Gasteiger partial charge in [-0.05, 0) is 62.9 Å². The van der Waals surface area contributed by atoms with Gasteiger partial charge in [0.05, 0.1) is 9.82 Å². The molecule has 134 valence electrons. The highest BCUT2D eigenvalue weighted by molar-refractivity contribution is 7.89. The number of aryl methyl sites for hydroxylation is 4. The lowest BCUT2D eigenvalue weighted by Crippen LogP contribution is -2.27. The maximum absolute atomic E-state index is 12.6. The van der Waals surface area contributed by atoms with Gasteiger partial charge in [0.2, 0.25) is 10.0 Å². The third kappa shape index (κ3) is 4.05. The molecule has 0 aromatic heterocycles. The molecule has 0 aliphatic carbocycles. The van der Waals surface area contributed by atoms with E-state index in [-0.39, 0.29) is 10.6 Å². The molecule has 0 heterocycles. The lowest BCUT2D eigenvalue weighted by Gasteiger charge is -2.18. The summed E-state index contributed by atoms with van der Waals surface area (Å²) >= 11 is 0. The van der Waals surface area contributed by atoms with Gasteiger partial charge < -0.3 is 0 Å². The number of nitrogens with zero attached hydrogens (tertiary/aromatic N) is 1. The van der Waals surface area contributed by atoms with E-state index < -0.39 is 21.0 Å². The molecule has 0 spiro atoms. The second-order valence-corrected chi connectivity index (χ2v) is 8.06. The number of nitro groups is 1. The van der Waals surface area contributed by atoms with Crippen LogP contribution in [0.4, 0.5) is 5.69 Å². The highest BCUT2D eigenvalue weighted by Crippen LogP contribution is 2.26. The van der Waals surface area contributed by atoms with Crippen LogP contribution in [0.1, 0.15) is 40.8 Å². The Labute approximate surface area is 148 Å². The van der Waals surface area contributed by atoms with Gasteiger partial charge in [-0.3, -0.25) is 10.1 Å². The molecule has 0 amide bonds. The van der Waals surface area contributed by atoms with Crippen LogP contribution in [0.2, 0.25) is 0 Å². The van der Waals surface area contributed by atoms with Crippen molar-refractivity contribution in [2.45, 2.75) is 45.6 Å². The van der Waals surface area contributed by atoms with Crippen LogP contribution in [0.15, 0.2) is 35.2 Å². The first-order chi connectivity index (χ1) is 11.5. The molecule has 6 nitrogen and oxygen atoms in total. The number of hydrogen-bond acceptors (Lipinski definition) is 4. The molecule has 7 heteroatoms. The van der Waals surface area contributed by atoms with Crippen LogP contribution in [-0.2, 0) is 10.0 Å². The van der Waals surface area contributed by atoms with Crippen LogP contribution < -0.4 is 4.72 Å². The van der Waals surface area contributed by atoms with E-state index in [9.17, 15) is 18.5 Å². The van der Waals surface area contributed by atoms with E-state index in [0.717, 1.165) is 28.3 Å². The Morgan fingerprint density at radius 2 is 1.56 bits per heavy atom. The zero-order valence-electron chi connectivity index (χ0n) is 15.0. The van der Waals surface area contributed by atoms with Crippen molar-refractivity contribution in [2.24, 2.45) is 0 Å². The predicted molar refractivity (Wildman–Crippen MR) is 97.2 cm³/mol. The molecule has 2 aromatic rings. The van der Waals surface area contributed by atoms with Gasteiger partial charge >= 0.3 is 0 Å². The summed E-state index contributed by atoms with van der Waals surface area (Å²) in [7, 11) is -3.87. The molecule has 25 heavy (non-hydrogen) atoms. The molecule has 0 unspecified atom stereocenters. The Bertz CT molecular complexity index is 936. The fourth-order valence-electron chi connectivity index (χ4n) is 2.77. The molecule has 2 aromatic carbocycles. The highest BCUT2D eigenvalue weighted by Gasteiger charge is 2.23. The number of rotatable bonds is 5. The van der Waals surface area contributed by atoms with E-state index in [1.807, 2.05) is 32.9 Å². The number of nitrogens with one attached hydrogen (secondary N) is 1. The van der Waals surface area contributed by atoms with Crippen LogP contribution in [0.3, 0.4) is 0 Å². The average Bonchev–Trinajstić information content (AvgIpc) is 2.50. The Morgan fingerprint density at radius 3 is 2.16 bits per heavy atom. The molecule has 0 saturated carbocycles. The molecule has 0 aliphatic rings. The topological polar surface area (TPSA) is 89.3 Å². The van der Waals surface area contributed by atoms with Crippen molar-refractivity contribution in [2.75, 3.05) is 0 Å². The summed E-state index contributed by atoms with van der Waals surface area (Å²) in [4.78, 5) is 10.4. The van der Waals surface area contributed by atoms with Gasteiger partial charge in [0.25, 0.3) is 5.69 Å². The summed E-state index contributed by atoms with van der Waals surface area (Å²) in [5.41, 5.74) is 4.31. The standard InChI is InChI=1S/C18H22N2O4S/c1-11-6-7-16(10-18(11)20(21)22)25(23,24)19-15(5)17-9-13(3)12(2)8-14(17)4/h6-10,15,19H,1-5H3/t15-/m1/s1. The predicted octanol–water partition coefficient (Wildman–Crippen LogP) is 3.87.